The quantitative estimate of drug-likeness (QED) is 0.907. The van der Waals surface area contributed by atoms with E-state index in [-0.39, 0.29) is 5.91 Å². The van der Waals surface area contributed by atoms with Crippen LogP contribution in [0.5, 0.6) is 5.75 Å². The number of nitrogens with zero attached hydrogens (tertiary/aromatic N) is 1. The molecule has 1 amide bonds. The number of likely N-dealkylation sites (N-methyl/N-ethyl adjacent to an activating group) is 1. The Morgan fingerprint density at radius 1 is 1.50 bits per heavy atom. The molecule has 1 aromatic carbocycles. The zero-order valence-electron chi connectivity index (χ0n) is 11.8. The minimum Gasteiger partial charge on any atom is -0.491 e. The van der Waals surface area contributed by atoms with Crippen LogP contribution >= 0.6 is 11.6 Å². The summed E-state index contributed by atoms with van der Waals surface area (Å²) in [6.45, 7) is 2.01. The molecule has 0 unspecified atom stereocenters. The highest BCUT2D eigenvalue weighted by atomic mass is 35.5. The minimum atomic E-state index is 0.150. The van der Waals surface area contributed by atoms with Gasteiger partial charge in [0.2, 0.25) is 5.91 Å². The topological polar surface area (TPSA) is 41.6 Å². The van der Waals surface area contributed by atoms with Crippen molar-refractivity contribution in [2.24, 2.45) is 0 Å². The number of benzene rings is 1. The van der Waals surface area contributed by atoms with Gasteiger partial charge in [0, 0.05) is 19.1 Å². The van der Waals surface area contributed by atoms with Crippen LogP contribution in [0, 0.1) is 0 Å². The Hall–Kier alpha value is -1.26. The first kappa shape index (κ1) is 15.1. The van der Waals surface area contributed by atoms with Gasteiger partial charge in [0.15, 0.2) is 0 Å². The number of rotatable bonds is 5. The maximum atomic E-state index is 12.1. The lowest BCUT2D eigenvalue weighted by Gasteiger charge is -2.32. The average molecular weight is 297 g/mol. The maximum Gasteiger partial charge on any atom is 0.226 e. The van der Waals surface area contributed by atoms with Crippen molar-refractivity contribution in [2.45, 2.75) is 25.3 Å². The van der Waals surface area contributed by atoms with Gasteiger partial charge < -0.3 is 15.0 Å². The Bertz CT molecular complexity index is 453. The summed E-state index contributed by atoms with van der Waals surface area (Å²) < 4.78 is 5.56. The lowest BCUT2D eigenvalue weighted by Crippen LogP contribution is -2.47. The zero-order valence-corrected chi connectivity index (χ0v) is 12.5. The van der Waals surface area contributed by atoms with E-state index >= 15 is 0 Å². The highest BCUT2D eigenvalue weighted by molar-refractivity contribution is 6.32. The number of piperidine rings is 1. The molecular formula is C15H21ClN2O2. The van der Waals surface area contributed by atoms with Gasteiger partial charge in [0.25, 0.3) is 0 Å². The van der Waals surface area contributed by atoms with Gasteiger partial charge in [-0.2, -0.15) is 0 Å². The van der Waals surface area contributed by atoms with Crippen LogP contribution in [0.3, 0.4) is 0 Å². The summed E-state index contributed by atoms with van der Waals surface area (Å²) in [5, 5.41) is 3.81. The summed E-state index contributed by atoms with van der Waals surface area (Å²) in [7, 11) is 1.94. The Kier molecular flexibility index (Phi) is 5.68. The van der Waals surface area contributed by atoms with Crippen LogP contribution in [-0.2, 0) is 4.79 Å². The smallest absolute Gasteiger partial charge is 0.226 e. The number of carbonyl (C=O) groups excluding carboxylic acids is 1. The lowest BCUT2D eigenvalue weighted by molar-refractivity contribution is -0.133. The SMILES string of the molecule is CN[C@H]1CCCN(C(=O)CCOc2ccccc2Cl)C1. The monoisotopic (exact) mass is 296 g/mol. The summed E-state index contributed by atoms with van der Waals surface area (Å²) >= 11 is 6.00. The third-order valence-electron chi connectivity index (χ3n) is 3.59. The first-order valence-corrected chi connectivity index (χ1v) is 7.41. The van der Waals surface area contributed by atoms with Crippen molar-refractivity contribution in [3.8, 4) is 5.75 Å². The highest BCUT2D eigenvalue weighted by Gasteiger charge is 2.22. The number of carbonyl (C=O) groups is 1. The number of nitrogens with one attached hydrogen (secondary N) is 1. The summed E-state index contributed by atoms with van der Waals surface area (Å²) in [4.78, 5) is 14.0. The Morgan fingerprint density at radius 3 is 3.05 bits per heavy atom. The number of ether oxygens (including phenoxy) is 1. The number of likely N-dealkylation sites (tertiary alicyclic amines) is 1. The summed E-state index contributed by atoms with van der Waals surface area (Å²) in [6, 6.07) is 7.72. The second kappa shape index (κ2) is 7.50. The van der Waals surface area contributed by atoms with Gasteiger partial charge in [-0.3, -0.25) is 4.79 Å². The summed E-state index contributed by atoms with van der Waals surface area (Å²) in [5.74, 6) is 0.783. The number of para-hydroxylation sites is 1. The van der Waals surface area contributed by atoms with Crippen molar-refractivity contribution in [1.29, 1.82) is 0 Å². The molecule has 0 spiro atoms. The number of hydrogen-bond acceptors (Lipinski definition) is 3. The van der Waals surface area contributed by atoms with Gasteiger partial charge in [0.05, 0.1) is 18.1 Å². The fraction of sp³-hybridized carbons (Fsp3) is 0.533. The molecule has 0 aromatic heterocycles. The number of halogens is 1. The van der Waals surface area contributed by atoms with Crippen LogP contribution in [0.25, 0.3) is 0 Å². The molecule has 0 aliphatic carbocycles. The lowest BCUT2D eigenvalue weighted by atomic mass is 10.1. The molecule has 1 aliphatic heterocycles. The van der Waals surface area contributed by atoms with Crippen molar-refractivity contribution in [3.05, 3.63) is 29.3 Å². The predicted molar refractivity (Wildman–Crippen MR) is 80.2 cm³/mol. The van der Waals surface area contributed by atoms with Crippen LogP contribution in [0.2, 0.25) is 5.02 Å². The highest BCUT2D eigenvalue weighted by Crippen LogP contribution is 2.23. The molecule has 1 aromatic rings. The predicted octanol–water partition coefficient (Wildman–Crippen LogP) is 2.32. The van der Waals surface area contributed by atoms with Gasteiger partial charge in [-0.25, -0.2) is 0 Å². The van der Waals surface area contributed by atoms with E-state index in [2.05, 4.69) is 5.32 Å². The first-order valence-electron chi connectivity index (χ1n) is 7.03. The van der Waals surface area contributed by atoms with Crippen molar-refractivity contribution in [1.82, 2.24) is 10.2 Å². The molecule has 2 rings (SSSR count). The molecule has 1 heterocycles. The van der Waals surface area contributed by atoms with E-state index in [4.69, 9.17) is 16.3 Å². The van der Waals surface area contributed by atoms with E-state index < -0.39 is 0 Å². The van der Waals surface area contributed by atoms with Gasteiger partial charge in [-0.1, -0.05) is 23.7 Å². The summed E-state index contributed by atoms with van der Waals surface area (Å²) in [6.07, 6.45) is 2.58. The fourth-order valence-electron chi connectivity index (χ4n) is 2.41. The molecule has 1 fully saturated rings. The van der Waals surface area contributed by atoms with Gasteiger partial charge in [-0.05, 0) is 32.0 Å². The first-order chi connectivity index (χ1) is 9.70. The number of amides is 1. The Balaban J connectivity index is 1.76. The van der Waals surface area contributed by atoms with E-state index in [9.17, 15) is 4.79 Å². The normalized spacial score (nSPS) is 18.9. The van der Waals surface area contributed by atoms with Crippen molar-refractivity contribution in [2.75, 3.05) is 26.7 Å². The standard InChI is InChI=1S/C15H21ClN2O2/c1-17-12-5-4-9-18(11-12)15(19)8-10-20-14-7-3-2-6-13(14)16/h2-3,6-7,12,17H,4-5,8-11H2,1H3/t12-/m0/s1. The molecular weight excluding hydrogens is 276 g/mol. The molecule has 0 saturated carbocycles. The molecule has 1 aliphatic rings. The van der Waals surface area contributed by atoms with E-state index in [0.717, 1.165) is 25.9 Å². The van der Waals surface area contributed by atoms with Crippen LogP contribution in [0.4, 0.5) is 0 Å². The zero-order chi connectivity index (χ0) is 14.4. The van der Waals surface area contributed by atoms with E-state index in [1.807, 2.05) is 30.1 Å². The van der Waals surface area contributed by atoms with Crippen LogP contribution < -0.4 is 10.1 Å². The largest absolute Gasteiger partial charge is 0.491 e. The molecule has 1 N–H and O–H groups in total. The third kappa shape index (κ3) is 4.12. The molecule has 0 bridgehead atoms. The van der Waals surface area contributed by atoms with Crippen LogP contribution in [0.1, 0.15) is 19.3 Å². The van der Waals surface area contributed by atoms with Crippen LogP contribution in [-0.4, -0.2) is 43.6 Å². The molecule has 0 radical (unpaired) electrons. The molecule has 5 heteroatoms. The van der Waals surface area contributed by atoms with Crippen molar-refractivity contribution in [3.63, 3.8) is 0 Å². The Morgan fingerprint density at radius 2 is 2.30 bits per heavy atom. The van der Waals surface area contributed by atoms with E-state index in [1.54, 1.807) is 6.07 Å². The molecule has 20 heavy (non-hydrogen) atoms. The molecule has 110 valence electrons. The van der Waals surface area contributed by atoms with E-state index in [0.29, 0.717) is 29.8 Å². The molecule has 1 atom stereocenters. The van der Waals surface area contributed by atoms with Crippen LogP contribution in [0.15, 0.2) is 24.3 Å². The molecule has 1 saturated heterocycles. The van der Waals surface area contributed by atoms with Crippen molar-refractivity contribution < 1.29 is 9.53 Å². The third-order valence-corrected chi connectivity index (χ3v) is 3.90. The number of hydrogen-bond donors (Lipinski definition) is 1. The minimum absolute atomic E-state index is 0.150. The summed E-state index contributed by atoms with van der Waals surface area (Å²) in [5.41, 5.74) is 0. The second-order valence-corrected chi connectivity index (χ2v) is 5.40. The Labute approximate surface area is 125 Å². The van der Waals surface area contributed by atoms with E-state index in [1.165, 1.54) is 0 Å². The van der Waals surface area contributed by atoms with Gasteiger partial charge in [-0.15, -0.1) is 0 Å². The molecule has 4 nitrogen and oxygen atoms in total. The fourth-order valence-corrected chi connectivity index (χ4v) is 2.60. The van der Waals surface area contributed by atoms with Gasteiger partial charge >= 0.3 is 0 Å². The second-order valence-electron chi connectivity index (χ2n) is 5.00. The van der Waals surface area contributed by atoms with Crippen molar-refractivity contribution >= 4 is 17.5 Å². The maximum absolute atomic E-state index is 12.1. The average Bonchev–Trinajstić information content (AvgIpc) is 2.49. The van der Waals surface area contributed by atoms with Gasteiger partial charge in [0.1, 0.15) is 5.75 Å².